The quantitative estimate of drug-likeness (QED) is 0.934. The zero-order chi connectivity index (χ0) is 15.8. The summed E-state index contributed by atoms with van der Waals surface area (Å²) in [4.78, 5) is 2.54. The van der Waals surface area contributed by atoms with Crippen molar-refractivity contribution < 1.29 is 4.74 Å². The number of hydrogen-bond donors (Lipinski definition) is 1. The number of hydrogen-bond acceptors (Lipinski definition) is 3. The van der Waals surface area contributed by atoms with E-state index < -0.39 is 0 Å². The van der Waals surface area contributed by atoms with Crippen LogP contribution in [0.25, 0.3) is 10.8 Å². The van der Waals surface area contributed by atoms with E-state index >= 15 is 0 Å². The molecule has 2 fully saturated rings. The topological polar surface area (TPSA) is 24.5 Å². The molecule has 0 amide bonds. The number of fused-ring (bicyclic) bond motifs is 3. The molecule has 0 aromatic heterocycles. The van der Waals surface area contributed by atoms with Gasteiger partial charge in [0.15, 0.2) is 0 Å². The molecule has 2 bridgehead atoms. The molecule has 4 rings (SSSR count). The first-order chi connectivity index (χ1) is 11.2. The van der Waals surface area contributed by atoms with Crippen LogP contribution in [0.15, 0.2) is 36.4 Å². The first-order valence-electron chi connectivity index (χ1n) is 8.75. The maximum atomic E-state index is 5.66. The van der Waals surface area contributed by atoms with E-state index in [-0.39, 0.29) is 0 Å². The molecule has 2 aliphatic heterocycles. The van der Waals surface area contributed by atoms with Crippen molar-refractivity contribution in [3.63, 3.8) is 0 Å². The van der Waals surface area contributed by atoms with Gasteiger partial charge in [-0.05, 0) is 49.6 Å². The molecule has 3 heteroatoms. The summed E-state index contributed by atoms with van der Waals surface area (Å²) in [6.07, 6.45) is 5.26. The van der Waals surface area contributed by atoms with Crippen LogP contribution in [-0.4, -0.2) is 37.2 Å². The Morgan fingerprint density at radius 3 is 2.57 bits per heavy atom. The van der Waals surface area contributed by atoms with Crippen LogP contribution in [0.2, 0.25) is 0 Å². The van der Waals surface area contributed by atoms with Crippen LogP contribution < -0.4 is 10.1 Å². The van der Waals surface area contributed by atoms with Gasteiger partial charge in [0.2, 0.25) is 0 Å². The van der Waals surface area contributed by atoms with E-state index in [0.29, 0.717) is 6.04 Å². The van der Waals surface area contributed by atoms with Crippen molar-refractivity contribution in [2.75, 3.05) is 14.2 Å². The molecule has 2 aromatic rings. The molecule has 0 aliphatic carbocycles. The number of nitrogens with zero attached hydrogens (tertiary/aromatic N) is 1. The summed E-state index contributed by atoms with van der Waals surface area (Å²) in [6.45, 7) is 0.953. The fourth-order valence-electron chi connectivity index (χ4n) is 4.44. The third-order valence-electron chi connectivity index (χ3n) is 5.70. The fourth-order valence-corrected chi connectivity index (χ4v) is 4.44. The number of ether oxygens (including phenoxy) is 1. The molecule has 2 unspecified atom stereocenters. The highest BCUT2D eigenvalue weighted by molar-refractivity contribution is 5.87. The second kappa shape index (κ2) is 6.14. The third kappa shape index (κ3) is 2.84. The van der Waals surface area contributed by atoms with E-state index in [9.17, 15) is 0 Å². The normalized spacial score (nSPS) is 26.8. The van der Waals surface area contributed by atoms with E-state index in [0.717, 1.165) is 24.4 Å². The summed E-state index contributed by atoms with van der Waals surface area (Å²) < 4.78 is 5.66. The van der Waals surface area contributed by atoms with E-state index in [1.165, 1.54) is 42.0 Å². The van der Waals surface area contributed by atoms with Gasteiger partial charge >= 0.3 is 0 Å². The molecule has 122 valence electrons. The highest BCUT2D eigenvalue weighted by Crippen LogP contribution is 2.33. The monoisotopic (exact) mass is 310 g/mol. The summed E-state index contributed by atoms with van der Waals surface area (Å²) >= 11 is 0. The summed E-state index contributed by atoms with van der Waals surface area (Å²) in [5.41, 5.74) is 1.32. The predicted molar refractivity (Wildman–Crippen MR) is 94.9 cm³/mol. The molecule has 23 heavy (non-hydrogen) atoms. The van der Waals surface area contributed by atoms with Crippen LogP contribution >= 0.6 is 0 Å². The van der Waals surface area contributed by atoms with Crippen LogP contribution in [0.4, 0.5) is 0 Å². The number of methoxy groups -OCH3 is 1. The standard InChI is InChI=1S/C20H26N2O/c1-22(17-11-15-8-9-16(12-17)21-15)13-19-18-6-4-3-5-14(18)7-10-20(19)23-2/h3-7,10,15-17,21H,8-9,11-13H2,1-2H3. The third-order valence-corrected chi connectivity index (χ3v) is 5.70. The molecule has 0 radical (unpaired) electrons. The largest absolute Gasteiger partial charge is 0.496 e. The first-order valence-corrected chi connectivity index (χ1v) is 8.75. The number of nitrogens with one attached hydrogen (secondary N) is 1. The van der Waals surface area contributed by atoms with Crippen LogP contribution in [0.1, 0.15) is 31.2 Å². The van der Waals surface area contributed by atoms with E-state index in [4.69, 9.17) is 4.74 Å². The molecule has 2 saturated heterocycles. The lowest BCUT2D eigenvalue weighted by Gasteiger charge is -2.36. The molecule has 0 saturated carbocycles. The second-order valence-electron chi connectivity index (χ2n) is 7.15. The Morgan fingerprint density at radius 2 is 1.83 bits per heavy atom. The maximum Gasteiger partial charge on any atom is 0.123 e. The maximum absolute atomic E-state index is 5.66. The van der Waals surface area contributed by atoms with Crippen LogP contribution in [0, 0.1) is 0 Å². The van der Waals surface area contributed by atoms with Crippen molar-refractivity contribution in [1.29, 1.82) is 0 Å². The SMILES string of the molecule is COc1ccc2ccccc2c1CN(C)C1CC2CCC(C1)N2. The smallest absolute Gasteiger partial charge is 0.123 e. The van der Waals surface area contributed by atoms with Gasteiger partial charge in [-0.25, -0.2) is 0 Å². The highest BCUT2D eigenvalue weighted by atomic mass is 16.5. The lowest BCUT2D eigenvalue weighted by molar-refractivity contribution is 0.165. The van der Waals surface area contributed by atoms with Crippen molar-refractivity contribution >= 4 is 10.8 Å². The summed E-state index contributed by atoms with van der Waals surface area (Å²) in [5.74, 6) is 1.01. The van der Waals surface area contributed by atoms with Crippen molar-refractivity contribution in [3.05, 3.63) is 42.0 Å². The molecule has 0 spiro atoms. The molecule has 1 N–H and O–H groups in total. The van der Waals surface area contributed by atoms with Gasteiger partial charge in [0.1, 0.15) is 5.75 Å². The Morgan fingerprint density at radius 1 is 1.09 bits per heavy atom. The summed E-state index contributed by atoms with van der Waals surface area (Å²) in [6, 6.07) is 15.0. The van der Waals surface area contributed by atoms with Gasteiger partial charge in [0.05, 0.1) is 7.11 Å². The van der Waals surface area contributed by atoms with Gasteiger partial charge in [0, 0.05) is 30.2 Å². The van der Waals surface area contributed by atoms with Crippen LogP contribution in [0.3, 0.4) is 0 Å². The van der Waals surface area contributed by atoms with Crippen molar-refractivity contribution in [2.45, 2.75) is 50.4 Å². The zero-order valence-corrected chi connectivity index (χ0v) is 14.1. The molecule has 2 heterocycles. The Kier molecular flexibility index (Phi) is 4.00. The highest BCUT2D eigenvalue weighted by Gasteiger charge is 2.35. The lowest BCUT2D eigenvalue weighted by atomic mass is 9.97. The molecular weight excluding hydrogens is 284 g/mol. The van der Waals surface area contributed by atoms with Gasteiger partial charge in [-0.1, -0.05) is 30.3 Å². The predicted octanol–water partition coefficient (Wildman–Crippen LogP) is 3.56. The van der Waals surface area contributed by atoms with Gasteiger partial charge in [-0.2, -0.15) is 0 Å². The average Bonchev–Trinajstić information content (AvgIpc) is 2.93. The lowest BCUT2D eigenvalue weighted by Crippen LogP contribution is -2.46. The molecule has 2 atom stereocenters. The minimum atomic E-state index is 0.678. The van der Waals surface area contributed by atoms with Crippen molar-refractivity contribution in [2.24, 2.45) is 0 Å². The van der Waals surface area contributed by atoms with Crippen LogP contribution in [-0.2, 0) is 6.54 Å². The second-order valence-corrected chi connectivity index (χ2v) is 7.15. The summed E-state index contributed by atoms with van der Waals surface area (Å²) in [7, 11) is 4.05. The van der Waals surface area contributed by atoms with Gasteiger partial charge < -0.3 is 10.1 Å². The van der Waals surface area contributed by atoms with Gasteiger partial charge in [0.25, 0.3) is 0 Å². The molecular formula is C20H26N2O. The van der Waals surface area contributed by atoms with E-state index in [1.807, 2.05) is 0 Å². The Labute approximate surface area is 138 Å². The Balaban J connectivity index is 1.61. The van der Waals surface area contributed by atoms with Crippen molar-refractivity contribution in [1.82, 2.24) is 10.2 Å². The zero-order valence-electron chi connectivity index (χ0n) is 14.1. The van der Waals surface area contributed by atoms with Gasteiger partial charge in [-0.15, -0.1) is 0 Å². The minimum Gasteiger partial charge on any atom is -0.496 e. The summed E-state index contributed by atoms with van der Waals surface area (Å²) in [5, 5.41) is 6.35. The first kappa shape index (κ1) is 15.0. The van der Waals surface area contributed by atoms with Crippen molar-refractivity contribution in [3.8, 4) is 5.75 Å². The van der Waals surface area contributed by atoms with Gasteiger partial charge in [-0.3, -0.25) is 4.90 Å². The van der Waals surface area contributed by atoms with E-state index in [1.54, 1.807) is 7.11 Å². The molecule has 2 aliphatic rings. The number of piperidine rings is 1. The number of rotatable bonds is 4. The Bertz CT molecular complexity index is 687. The fraction of sp³-hybridized carbons (Fsp3) is 0.500. The van der Waals surface area contributed by atoms with E-state index in [2.05, 4.69) is 53.7 Å². The van der Waals surface area contributed by atoms with Crippen LogP contribution in [0.5, 0.6) is 5.75 Å². The minimum absolute atomic E-state index is 0.678. The molecule has 3 nitrogen and oxygen atoms in total. The average molecular weight is 310 g/mol. The number of benzene rings is 2. The molecule has 2 aromatic carbocycles. The Hall–Kier alpha value is -1.58.